The van der Waals surface area contributed by atoms with E-state index in [2.05, 4.69) is 46.8 Å². The van der Waals surface area contributed by atoms with E-state index in [0.717, 1.165) is 63.1 Å². The van der Waals surface area contributed by atoms with Crippen molar-refractivity contribution in [3.8, 4) is 6.07 Å². The van der Waals surface area contributed by atoms with Gasteiger partial charge in [0.25, 0.3) is 0 Å². The second-order valence-electron chi connectivity index (χ2n) is 14.8. The van der Waals surface area contributed by atoms with E-state index in [0.29, 0.717) is 6.61 Å². The fourth-order valence-electron chi connectivity index (χ4n) is 6.55. The number of ether oxygens (including phenoxy) is 2. The van der Waals surface area contributed by atoms with E-state index < -0.39 is 21.8 Å². The Labute approximate surface area is 328 Å². The van der Waals surface area contributed by atoms with Crippen molar-refractivity contribution in [3.05, 3.63) is 76.4 Å². The molecular formula is C45H70N2O6S. The number of sulfone groups is 1. The molecule has 0 N–H and O–H groups in total. The van der Waals surface area contributed by atoms with Crippen LogP contribution < -0.4 is 0 Å². The van der Waals surface area contributed by atoms with Gasteiger partial charge in [-0.15, -0.1) is 0 Å². The monoisotopic (exact) mass is 766 g/mol. The molecule has 1 aromatic rings. The van der Waals surface area contributed by atoms with Gasteiger partial charge in [-0.25, -0.2) is 18.0 Å². The van der Waals surface area contributed by atoms with Crippen LogP contribution in [-0.2, 0) is 28.9 Å². The molecule has 0 radical (unpaired) electrons. The fraction of sp³-hybridized carbons (Fsp3) is 0.622. The van der Waals surface area contributed by atoms with Gasteiger partial charge in [-0.1, -0.05) is 122 Å². The van der Waals surface area contributed by atoms with Gasteiger partial charge in [-0.2, -0.15) is 5.26 Å². The van der Waals surface area contributed by atoms with Crippen molar-refractivity contribution in [2.75, 3.05) is 26.3 Å². The third-order valence-corrected chi connectivity index (χ3v) is 11.5. The highest BCUT2D eigenvalue weighted by molar-refractivity contribution is 7.96. The summed E-state index contributed by atoms with van der Waals surface area (Å²) in [5, 5.41) is 9.45. The van der Waals surface area contributed by atoms with Crippen molar-refractivity contribution in [2.45, 2.75) is 150 Å². The molecule has 0 aromatic heterocycles. The molecule has 8 nitrogen and oxygen atoms in total. The van der Waals surface area contributed by atoms with Crippen molar-refractivity contribution >= 4 is 21.8 Å². The molecule has 0 bridgehead atoms. The minimum absolute atomic E-state index is 0.0824. The topological polar surface area (TPSA) is 114 Å². The van der Waals surface area contributed by atoms with E-state index in [9.17, 15) is 23.3 Å². The molecule has 1 aliphatic rings. The molecule has 0 heterocycles. The minimum atomic E-state index is -3.95. The Balaban J connectivity index is 0.000000546. The smallest absolute Gasteiger partial charge is 0.350 e. The molecule has 1 aromatic carbocycles. The molecule has 54 heavy (non-hydrogen) atoms. The summed E-state index contributed by atoms with van der Waals surface area (Å²) in [6.45, 7) is 19.0. The van der Waals surface area contributed by atoms with Crippen LogP contribution >= 0.6 is 0 Å². The molecule has 302 valence electrons. The summed E-state index contributed by atoms with van der Waals surface area (Å²) in [7, 11) is -3.95. The van der Waals surface area contributed by atoms with Gasteiger partial charge in [0.2, 0.25) is 9.84 Å². The molecule has 9 heteroatoms. The van der Waals surface area contributed by atoms with E-state index in [4.69, 9.17) is 9.47 Å². The van der Waals surface area contributed by atoms with Gasteiger partial charge in [0.15, 0.2) is 4.91 Å². The number of nitrogens with zero attached hydrogens (tertiary/aromatic N) is 2. The van der Waals surface area contributed by atoms with Crippen LogP contribution in [-0.4, -0.2) is 51.6 Å². The number of hydrogen-bond acceptors (Lipinski definition) is 8. The van der Waals surface area contributed by atoms with E-state index >= 15 is 0 Å². The van der Waals surface area contributed by atoms with E-state index in [1.165, 1.54) is 75.1 Å². The number of unbranched alkanes of at least 4 members (excludes halogenated alkanes) is 6. The number of benzene rings is 1. The Morgan fingerprint density at radius 2 is 1.52 bits per heavy atom. The standard InChI is InChI=1S/C23H35NO4S.C22H35NO2/c1-4-7-8-9-10-14-20-28-23(25)22(18-15-19-24(5-2)6-3)29(26,27)21-16-12-11-13-17-21;1-6-9-10-17(7-2)11-12-18-13-19(15-22(4,5)14-18)20(16-23)21(24)25-8-3/h11-13,15-19H,4-10,14,20H2,1-3H3;13,17H,6-12,14-15H2,1-5H3/b19-15+,22-18-;20-19+. The summed E-state index contributed by atoms with van der Waals surface area (Å²) in [6.07, 6.45) is 22.3. The second-order valence-corrected chi connectivity index (χ2v) is 16.7. The Hall–Kier alpha value is -3.64. The Kier molecular flexibility index (Phi) is 24.2. The number of carbonyl (C=O) groups excluding carboxylic acids is 2. The van der Waals surface area contributed by atoms with Crippen LogP contribution in [0.5, 0.6) is 0 Å². The Bertz CT molecular complexity index is 1530. The van der Waals surface area contributed by atoms with Crippen molar-refractivity contribution in [2.24, 2.45) is 11.3 Å². The van der Waals surface area contributed by atoms with Gasteiger partial charge in [0.1, 0.15) is 11.6 Å². The van der Waals surface area contributed by atoms with Gasteiger partial charge >= 0.3 is 11.9 Å². The highest BCUT2D eigenvalue weighted by atomic mass is 32.2. The maximum absolute atomic E-state index is 13.0. The molecular weight excluding hydrogens is 697 g/mol. The first-order chi connectivity index (χ1) is 25.8. The van der Waals surface area contributed by atoms with Crippen LogP contribution in [0.1, 0.15) is 145 Å². The number of carbonyl (C=O) groups is 2. The zero-order chi connectivity index (χ0) is 40.4. The van der Waals surface area contributed by atoms with E-state index in [1.54, 1.807) is 37.4 Å². The SMILES string of the molecule is CCCCC(CC)CCC1=C/C(=C(/C#N)C(=O)OCC)CC(C)(C)C1.CCCCCCCCOC(=O)/C(=C/C=C/N(CC)CC)S(=O)(=O)c1ccccc1. The molecule has 0 fully saturated rings. The number of esters is 2. The van der Waals surface area contributed by atoms with E-state index in [-0.39, 0.29) is 27.4 Å². The lowest BCUT2D eigenvalue weighted by atomic mass is 9.73. The minimum Gasteiger partial charge on any atom is -0.462 e. The highest BCUT2D eigenvalue weighted by Crippen LogP contribution is 2.41. The summed E-state index contributed by atoms with van der Waals surface area (Å²) in [5.41, 5.74) is 2.50. The number of hydrogen-bond donors (Lipinski definition) is 0. The molecule has 0 spiro atoms. The van der Waals surface area contributed by atoms with Gasteiger partial charge < -0.3 is 14.4 Å². The number of nitriles is 1. The summed E-state index contributed by atoms with van der Waals surface area (Å²) in [6, 6.07) is 10.1. The molecule has 0 saturated heterocycles. The average molecular weight is 767 g/mol. The van der Waals surface area contributed by atoms with Gasteiger partial charge in [0.05, 0.1) is 18.1 Å². The summed E-state index contributed by atoms with van der Waals surface area (Å²) >= 11 is 0. The fourth-order valence-corrected chi connectivity index (χ4v) is 7.85. The second kappa shape index (κ2) is 27.0. The lowest BCUT2D eigenvalue weighted by Gasteiger charge is -2.32. The Morgan fingerprint density at radius 1 is 0.870 bits per heavy atom. The molecule has 1 unspecified atom stereocenters. The van der Waals surface area contributed by atoms with E-state index in [1.807, 2.05) is 18.7 Å². The molecule has 2 rings (SSSR count). The van der Waals surface area contributed by atoms with Gasteiger partial charge in [-0.3, -0.25) is 0 Å². The van der Waals surface area contributed by atoms with Gasteiger partial charge in [-0.05, 0) is 100 Å². The quantitative estimate of drug-likeness (QED) is 0.0355. The van der Waals surface area contributed by atoms with Crippen molar-refractivity contribution < 1.29 is 27.5 Å². The molecule has 1 atom stereocenters. The van der Waals surface area contributed by atoms with Crippen molar-refractivity contribution in [1.82, 2.24) is 4.90 Å². The average Bonchev–Trinajstić information content (AvgIpc) is 3.15. The van der Waals surface area contributed by atoms with Crippen molar-refractivity contribution in [3.63, 3.8) is 0 Å². The van der Waals surface area contributed by atoms with Crippen LogP contribution in [0.3, 0.4) is 0 Å². The Morgan fingerprint density at radius 3 is 2.11 bits per heavy atom. The van der Waals surface area contributed by atoms with Crippen LogP contribution in [0.2, 0.25) is 0 Å². The van der Waals surface area contributed by atoms with Crippen molar-refractivity contribution in [1.29, 1.82) is 5.26 Å². The highest BCUT2D eigenvalue weighted by Gasteiger charge is 2.30. The zero-order valence-electron chi connectivity index (χ0n) is 34.8. The maximum atomic E-state index is 13.0. The first-order valence-corrected chi connectivity index (χ1v) is 21.9. The first kappa shape index (κ1) is 48.4. The third-order valence-electron chi connectivity index (χ3n) is 9.71. The van der Waals surface area contributed by atoms with Gasteiger partial charge in [0, 0.05) is 13.1 Å². The molecule has 1 aliphatic carbocycles. The maximum Gasteiger partial charge on any atom is 0.350 e. The molecule has 0 saturated carbocycles. The molecule has 0 aliphatic heterocycles. The lowest BCUT2D eigenvalue weighted by molar-refractivity contribution is -0.139. The van der Waals surface area contributed by atoms with Crippen LogP contribution in [0.4, 0.5) is 0 Å². The first-order valence-electron chi connectivity index (χ1n) is 20.4. The lowest BCUT2D eigenvalue weighted by Crippen LogP contribution is -2.20. The summed E-state index contributed by atoms with van der Waals surface area (Å²) < 4.78 is 36.3. The normalized spacial score (nSPS) is 15.7. The molecule has 0 amide bonds. The predicted octanol–water partition coefficient (Wildman–Crippen LogP) is 11.2. The summed E-state index contributed by atoms with van der Waals surface area (Å²) in [4.78, 5) is 26.4. The van der Waals surface area contributed by atoms with Crippen LogP contribution in [0.15, 0.2) is 81.3 Å². The van der Waals surface area contributed by atoms with Crippen LogP contribution in [0, 0.1) is 22.7 Å². The van der Waals surface area contributed by atoms with Crippen LogP contribution in [0.25, 0.3) is 0 Å². The number of allylic oxidation sites excluding steroid dienone is 5. The predicted molar refractivity (Wildman–Crippen MR) is 221 cm³/mol. The largest absolute Gasteiger partial charge is 0.462 e. The summed E-state index contributed by atoms with van der Waals surface area (Å²) in [5.74, 6) is -0.506. The zero-order valence-corrected chi connectivity index (χ0v) is 35.6. The third kappa shape index (κ3) is 18.1. The number of rotatable bonds is 23.